The molecule has 0 aliphatic carbocycles. The molecule has 2 rings (SSSR count). The normalized spacial score (nSPS) is 10.5. The summed E-state index contributed by atoms with van der Waals surface area (Å²) in [4.78, 5) is 11.3. The van der Waals surface area contributed by atoms with Crippen molar-refractivity contribution in [2.45, 2.75) is 6.92 Å². The van der Waals surface area contributed by atoms with Gasteiger partial charge in [0.2, 0.25) is 0 Å². The van der Waals surface area contributed by atoms with Crippen LogP contribution in [0.3, 0.4) is 0 Å². The first-order chi connectivity index (χ1) is 6.20. The van der Waals surface area contributed by atoms with E-state index in [9.17, 15) is 4.79 Å². The van der Waals surface area contributed by atoms with E-state index >= 15 is 0 Å². The SMILES string of the molecule is Cc1cc2cc(C=O)sc2cc1N. The highest BCUT2D eigenvalue weighted by Crippen LogP contribution is 2.28. The third-order valence-electron chi connectivity index (χ3n) is 2.04. The van der Waals surface area contributed by atoms with Crippen molar-refractivity contribution in [1.82, 2.24) is 0 Å². The van der Waals surface area contributed by atoms with E-state index in [-0.39, 0.29) is 0 Å². The monoisotopic (exact) mass is 191 g/mol. The Bertz CT molecular complexity index is 434. The summed E-state index contributed by atoms with van der Waals surface area (Å²) in [6.45, 7) is 1.97. The lowest BCUT2D eigenvalue weighted by molar-refractivity contribution is 0.112. The highest BCUT2D eigenvalue weighted by molar-refractivity contribution is 7.20. The zero-order chi connectivity index (χ0) is 9.42. The first kappa shape index (κ1) is 8.26. The van der Waals surface area contributed by atoms with Gasteiger partial charge in [-0.2, -0.15) is 0 Å². The number of hydrogen-bond acceptors (Lipinski definition) is 3. The Morgan fingerprint density at radius 1 is 1.38 bits per heavy atom. The third kappa shape index (κ3) is 1.31. The highest BCUT2D eigenvalue weighted by Gasteiger charge is 2.02. The molecule has 1 heterocycles. The smallest absolute Gasteiger partial charge is 0.160 e. The van der Waals surface area contributed by atoms with Crippen LogP contribution in [0.2, 0.25) is 0 Å². The number of anilines is 1. The number of hydrogen-bond donors (Lipinski definition) is 1. The number of thiophene rings is 1. The van der Waals surface area contributed by atoms with Crippen molar-refractivity contribution in [2.75, 3.05) is 5.73 Å². The topological polar surface area (TPSA) is 43.1 Å². The molecule has 0 saturated heterocycles. The van der Waals surface area contributed by atoms with Crippen LogP contribution in [0.5, 0.6) is 0 Å². The molecule has 0 amide bonds. The Kier molecular flexibility index (Phi) is 1.81. The van der Waals surface area contributed by atoms with Crippen molar-refractivity contribution >= 4 is 33.4 Å². The molecule has 2 aromatic rings. The lowest BCUT2D eigenvalue weighted by Gasteiger charge is -1.98. The standard InChI is InChI=1S/C10H9NOS/c1-6-2-7-3-8(5-12)13-10(7)4-9(6)11/h2-5H,11H2,1H3. The molecule has 3 heteroatoms. The van der Waals surface area contributed by atoms with Crippen molar-refractivity contribution in [2.24, 2.45) is 0 Å². The quantitative estimate of drug-likeness (QED) is 0.556. The first-order valence-electron chi connectivity index (χ1n) is 3.95. The van der Waals surface area contributed by atoms with Crippen LogP contribution >= 0.6 is 11.3 Å². The number of aryl methyl sites for hydroxylation is 1. The maximum Gasteiger partial charge on any atom is 0.160 e. The second kappa shape index (κ2) is 2.85. The third-order valence-corrected chi connectivity index (χ3v) is 3.06. The Labute approximate surface area is 80.0 Å². The van der Waals surface area contributed by atoms with Gasteiger partial charge in [-0.1, -0.05) is 0 Å². The number of nitrogen functional groups attached to an aromatic ring is 1. The molecule has 2 nitrogen and oxygen atoms in total. The largest absolute Gasteiger partial charge is 0.398 e. The predicted molar refractivity (Wildman–Crippen MR) is 56.4 cm³/mol. The minimum Gasteiger partial charge on any atom is -0.398 e. The van der Waals surface area contributed by atoms with Gasteiger partial charge in [0.05, 0.1) is 4.88 Å². The second-order valence-electron chi connectivity index (χ2n) is 3.01. The molecule has 1 aromatic heterocycles. The molecule has 0 spiro atoms. The van der Waals surface area contributed by atoms with Gasteiger partial charge in [0.1, 0.15) is 0 Å². The number of carbonyl (C=O) groups is 1. The maximum absolute atomic E-state index is 10.5. The molecule has 0 atom stereocenters. The molecular weight excluding hydrogens is 182 g/mol. The summed E-state index contributed by atoms with van der Waals surface area (Å²) in [5, 5.41) is 1.10. The summed E-state index contributed by atoms with van der Waals surface area (Å²) in [6, 6.07) is 5.82. The Morgan fingerprint density at radius 3 is 2.85 bits per heavy atom. The van der Waals surface area contributed by atoms with Gasteiger partial charge in [0.15, 0.2) is 6.29 Å². The fourth-order valence-corrected chi connectivity index (χ4v) is 2.20. The van der Waals surface area contributed by atoms with Crippen LogP contribution in [-0.2, 0) is 0 Å². The fraction of sp³-hybridized carbons (Fsp3) is 0.100. The lowest BCUT2D eigenvalue weighted by Crippen LogP contribution is -1.87. The molecule has 0 aliphatic rings. The van der Waals surface area contributed by atoms with Crippen molar-refractivity contribution in [3.8, 4) is 0 Å². The average Bonchev–Trinajstić information content (AvgIpc) is 2.48. The van der Waals surface area contributed by atoms with E-state index in [1.54, 1.807) is 0 Å². The molecule has 13 heavy (non-hydrogen) atoms. The van der Waals surface area contributed by atoms with Gasteiger partial charge in [-0.3, -0.25) is 4.79 Å². The van der Waals surface area contributed by atoms with Crippen LogP contribution in [-0.4, -0.2) is 6.29 Å². The summed E-state index contributed by atoms with van der Waals surface area (Å²) >= 11 is 1.47. The van der Waals surface area contributed by atoms with Crippen LogP contribution < -0.4 is 5.73 Å². The molecule has 66 valence electrons. The van der Waals surface area contributed by atoms with Crippen molar-refractivity contribution < 1.29 is 4.79 Å². The molecule has 0 radical (unpaired) electrons. The number of nitrogens with two attached hydrogens (primary N) is 1. The van der Waals surface area contributed by atoms with Gasteiger partial charge in [-0.15, -0.1) is 11.3 Å². The van der Waals surface area contributed by atoms with Crippen LogP contribution in [0.25, 0.3) is 10.1 Å². The minimum absolute atomic E-state index is 0.750. The number of fused-ring (bicyclic) bond motifs is 1. The van der Waals surface area contributed by atoms with Gasteiger partial charge in [-0.25, -0.2) is 0 Å². The maximum atomic E-state index is 10.5. The molecule has 1 aromatic carbocycles. The van der Waals surface area contributed by atoms with E-state index in [1.807, 2.05) is 25.1 Å². The van der Waals surface area contributed by atoms with E-state index in [0.717, 1.165) is 32.5 Å². The van der Waals surface area contributed by atoms with Crippen molar-refractivity contribution in [1.29, 1.82) is 0 Å². The summed E-state index contributed by atoms with van der Waals surface area (Å²) in [5.41, 5.74) is 7.60. The summed E-state index contributed by atoms with van der Waals surface area (Å²) < 4.78 is 1.07. The van der Waals surface area contributed by atoms with Crippen molar-refractivity contribution in [3.63, 3.8) is 0 Å². The van der Waals surface area contributed by atoms with E-state index in [0.29, 0.717) is 0 Å². The Balaban J connectivity index is 2.77. The molecule has 0 unspecified atom stereocenters. The van der Waals surface area contributed by atoms with Crippen LogP contribution in [0, 0.1) is 6.92 Å². The van der Waals surface area contributed by atoms with Crippen LogP contribution in [0.1, 0.15) is 15.2 Å². The highest BCUT2D eigenvalue weighted by atomic mass is 32.1. The van der Waals surface area contributed by atoms with Gasteiger partial charge >= 0.3 is 0 Å². The van der Waals surface area contributed by atoms with Gasteiger partial charge < -0.3 is 5.73 Å². The fourth-order valence-electron chi connectivity index (χ4n) is 1.30. The number of aldehydes is 1. The summed E-state index contributed by atoms with van der Waals surface area (Å²) in [5.74, 6) is 0. The molecular formula is C10H9NOS. The molecule has 0 fully saturated rings. The summed E-state index contributed by atoms with van der Waals surface area (Å²) in [7, 11) is 0. The number of carbonyl (C=O) groups excluding carboxylic acids is 1. The van der Waals surface area contributed by atoms with E-state index < -0.39 is 0 Å². The molecule has 0 bridgehead atoms. The number of benzene rings is 1. The van der Waals surface area contributed by atoms with Gasteiger partial charge in [-0.05, 0) is 36.1 Å². The predicted octanol–water partition coefficient (Wildman–Crippen LogP) is 2.60. The second-order valence-corrected chi connectivity index (χ2v) is 4.13. The van der Waals surface area contributed by atoms with E-state index in [4.69, 9.17) is 5.73 Å². The van der Waals surface area contributed by atoms with Crippen LogP contribution in [0.15, 0.2) is 18.2 Å². The molecule has 2 N–H and O–H groups in total. The molecule has 0 saturated carbocycles. The Morgan fingerprint density at radius 2 is 2.15 bits per heavy atom. The van der Waals surface area contributed by atoms with E-state index in [1.165, 1.54) is 11.3 Å². The summed E-state index contributed by atoms with van der Waals surface area (Å²) in [6.07, 6.45) is 0.871. The first-order valence-corrected chi connectivity index (χ1v) is 4.77. The zero-order valence-corrected chi connectivity index (χ0v) is 8.02. The average molecular weight is 191 g/mol. The van der Waals surface area contributed by atoms with Crippen LogP contribution in [0.4, 0.5) is 5.69 Å². The minimum atomic E-state index is 0.750. The Hall–Kier alpha value is -1.35. The lowest BCUT2D eigenvalue weighted by atomic mass is 10.1. The van der Waals surface area contributed by atoms with Gasteiger partial charge in [0, 0.05) is 10.4 Å². The number of rotatable bonds is 1. The zero-order valence-electron chi connectivity index (χ0n) is 7.20. The van der Waals surface area contributed by atoms with Gasteiger partial charge in [0.25, 0.3) is 0 Å². The van der Waals surface area contributed by atoms with E-state index in [2.05, 4.69) is 0 Å². The van der Waals surface area contributed by atoms with Crippen molar-refractivity contribution in [3.05, 3.63) is 28.6 Å². The molecule has 0 aliphatic heterocycles.